The monoisotopic (exact) mass is 340 g/mol. The van der Waals surface area contributed by atoms with Crippen LogP contribution in [0.25, 0.3) is 0 Å². The van der Waals surface area contributed by atoms with Crippen molar-refractivity contribution in [3.05, 3.63) is 29.6 Å². The maximum atomic E-state index is 13.5. The molecule has 0 aliphatic heterocycles. The third kappa shape index (κ3) is 5.06. The van der Waals surface area contributed by atoms with Gasteiger partial charge in [-0.15, -0.1) is 0 Å². The van der Waals surface area contributed by atoms with E-state index in [1.54, 1.807) is 13.2 Å². The fourth-order valence-electron chi connectivity index (χ4n) is 1.69. The lowest BCUT2D eigenvalue weighted by molar-refractivity contribution is -0.137. The number of halogens is 4. The van der Waals surface area contributed by atoms with Gasteiger partial charge in [0.2, 0.25) is 0 Å². The highest BCUT2D eigenvalue weighted by Crippen LogP contribution is 2.31. The van der Waals surface area contributed by atoms with E-state index < -0.39 is 35.3 Å². The van der Waals surface area contributed by atoms with Crippen LogP contribution in [0.3, 0.4) is 0 Å². The Balaban J connectivity index is 2.80. The first-order chi connectivity index (χ1) is 10.2. The Morgan fingerprint density at radius 2 is 2.05 bits per heavy atom. The first kappa shape index (κ1) is 18.6. The van der Waals surface area contributed by atoms with E-state index in [-0.39, 0.29) is 11.9 Å². The zero-order valence-corrected chi connectivity index (χ0v) is 12.7. The fraction of sp³-hybridized carbons (Fsp3) is 0.462. The molecule has 0 saturated heterocycles. The molecule has 124 valence electrons. The van der Waals surface area contributed by atoms with Crippen LogP contribution < -0.4 is 10.6 Å². The van der Waals surface area contributed by atoms with Gasteiger partial charge in [0.15, 0.2) is 0 Å². The summed E-state index contributed by atoms with van der Waals surface area (Å²) in [6.45, 7) is 1.44. The Morgan fingerprint density at radius 3 is 2.55 bits per heavy atom. The van der Waals surface area contributed by atoms with Crippen molar-refractivity contribution in [2.24, 2.45) is 0 Å². The van der Waals surface area contributed by atoms with Crippen LogP contribution >= 0.6 is 11.8 Å². The van der Waals surface area contributed by atoms with Gasteiger partial charge >= 0.3 is 12.2 Å². The molecule has 2 amide bonds. The van der Waals surface area contributed by atoms with Crippen molar-refractivity contribution >= 4 is 23.5 Å². The number of alkyl halides is 3. The number of carbonyl (C=O) groups excluding carboxylic acids is 1. The summed E-state index contributed by atoms with van der Waals surface area (Å²) in [5, 5.41) is 13.3. The molecular weight excluding hydrogens is 324 g/mol. The van der Waals surface area contributed by atoms with Crippen LogP contribution in [0.2, 0.25) is 0 Å². The highest BCUT2D eigenvalue weighted by atomic mass is 32.2. The number of amides is 2. The predicted octanol–water partition coefficient (Wildman–Crippen LogP) is 3.08. The normalized spacial score (nSPS) is 14.3. The number of hydrogen-bond acceptors (Lipinski definition) is 3. The van der Waals surface area contributed by atoms with E-state index in [0.29, 0.717) is 18.2 Å². The third-order valence-corrected chi connectivity index (χ3v) is 4.10. The van der Waals surface area contributed by atoms with E-state index in [0.717, 1.165) is 0 Å². The molecule has 0 heterocycles. The second kappa shape index (κ2) is 7.68. The fourth-order valence-corrected chi connectivity index (χ4v) is 2.32. The SMILES string of the molecule is CS[C@@H](CO)[C@H](C)NC(=O)Nc1cc(C(F)(F)F)ccc1F. The van der Waals surface area contributed by atoms with Crippen LogP contribution in [0.15, 0.2) is 18.2 Å². The first-order valence-electron chi connectivity index (χ1n) is 6.27. The number of thioether (sulfide) groups is 1. The molecule has 0 aromatic heterocycles. The van der Waals surface area contributed by atoms with Gasteiger partial charge in [0.1, 0.15) is 5.82 Å². The number of benzene rings is 1. The third-order valence-electron chi connectivity index (χ3n) is 2.94. The molecule has 1 aromatic carbocycles. The number of anilines is 1. The number of nitrogens with one attached hydrogen (secondary N) is 2. The average Bonchev–Trinajstić information content (AvgIpc) is 2.41. The number of carbonyl (C=O) groups is 1. The van der Waals surface area contributed by atoms with Crippen LogP contribution in [0.1, 0.15) is 12.5 Å². The molecule has 0 aliphatic carbocycles. The minimum absolute atomic E-state index is 0.180. The number of hydrogen-bond donors (Lipinski definition) is 3. The maximum absolute atomic E-state index is 13.5. The lowest BCUT2D eigenvalue weighted by atomic mass is 10.2. The van der Waals surface area contributed by atoms with E-state index in [4.69, 9.17) is 5.11 Å². The Labute approximate surface area is 129 Å². The van der Waals surface area contributed by atoms with Crippen molar-refractivity contribution in [2.75, 3.05) is 18.2 Å². The molecule has 4 nitrogen and oxygen atoms in total. The summed E-state index contributed by atoms with van der Waals surface area (Å²) in [5.74, 6) is -0.973. The van der Waals surface area contributed by atoms with E-state index in [2.05, 4.69) is 5.32 Å². The summed E-state index contributed by atoms with van der Waals surface area (Å²) >= 11 is 1.32. The second-order valence-electron chi connectivity index (χ2n) is 4.54. The summed E-state index contributed by atoms with van der Waals surface area (Å²) in [5.41, 5.74) is -1.63. The Kier molecular flexibility index (Phi) is 6.48. The summed E-state index contributed by atoms with van der Waals surface area (Å²) in [4.78, 5) is 11.7. The first-order valence-corrected chi connectivity index (χ1v) is 7.55. The van der Waals surface area contributed by atoms with Gasteiger partial charge in [-0.25, -0.2) is 9.18 Å². The maximum Gasteiger partial charge on any atom is 0.416 e. The molecule has 0 aliphatic rings. The minimum Gasteiger partial charge on any atom is -0.395 e. The molecule has 1 rings (SSSR count). The van der Waals surface area contributed by atoms with Crippen molar-refractivity contribution in [3.63, 3.8) is 0 Å². The van der Waals surface area contributed by atoms with Gasteiger partial charge in [0.25, 0.3) is 0 Å². The van der Waals surface area contributed by atoms with E-state index in [9.17, 15) is 22.4 Å². The molecule has 0 unspecified atom stereocenters. The lowest BCUT2D eigenvalue weighted by Crippen LogP contribution is -2.43. The van der Waals surface area contributed by atoms with Crippen LogP contribution in [-0.2, 0) is 6.18 Å². The standard InChI is InChI=1S/C13H16F4N2O2S/c1-7(11(6-20)22-2)18-12(21)19-10-5-8(13(15,16)17)3-4-9(10)14/h3-5,7,11,20H,6H2,1-2H3,(H2,18,19,21)/t7-,11-/m0/s1. The molecule has 0 fully saturated rings. The topological polar surface area (TPSA) is 61.4 Å². The van der Waals surface area contributed by atoms with Crippen LogP contribution in [-0.4, -0.2) is 35.3 Å². The molecular formula is C13H16F4N2O2S. The Bertz CT molecular complexity index is 521. The predicted molar refractivity (Wildman–Crippen MR) is 77.4 cm³/mol. The molecule has 0 bridgehead atoms. The van der Waals surface area contributed by atoms with E-state index in [1.165, 1.54) is 11.8 Å². The van der Waals surface area contributed by atoms with Crippen LogP contribution in [0.5, 0.6) is 0 Å². The number of rotatable bonds is 5. The van der Waals surface area contributed by atoms with Gasteiger partial charge in [0.05, 0.1) is 17.9 Å². The van der Waals surface area contributed by atoms with E-state index >= 15 is 0 Å². The van der Waals surface area contributed by atoms with Gasteiger partial charge in [-0.2, -0.15) is 24.9 Å². The Hall–Kier alpha value is -1.48. The minimum atomic E-state index is -4.63. The molecule has 0 saturated carbocycles. The second-order valence-corrected chi connectivity index (χ2v) is 5.61. The van der Waals surface area contributed by atoms with E-state index in [1.807, 2.05) is 5.32 Å². The van der Waals surface area contributed by atoms with Gasteiger partial charge in [-0.3, -0.25) is 0 Å². The average molecular weight is 340 g/mol. The summed E-state index contributed by atoms with van der Waals surface area (Å²) in [7, 11) is 0. The summed E-state index contributed by atoms with van der Waals surface area (Å²) < 4.78 is 51.2. The highest BCUT2D eigenvalue weighted by Gasteiger charge is 2.31. The molecule has 3 N–H and O–H groups in total. The molecule has 2 atom stereocenters. The lowest BCUT2D eigenvalue weighted by Gasteiger charge is -2.21. The summed E-state index contributed by atoms with van der Waals surface area (Å²) in [6, 6.07) is 0.459. The van der Waals surface area contributed by atoms with Crippen molar-refractivity contribution in [2.45, 2.75) is 24.4 Å². The van der Waals surface area contributed by atoms with Gasteiger partial charge in [-0.1, -0.05) is 0 Å². The number of urea groups is 1. The highest BCUT2D eigenvalue weighted by molar-refractivity contribution is 7.99. The number of aliphatic hydroxyl groups excluding tert-OH is 1. The zero-order chi connectivity index (χ0) is 16.9. The number of aliphatic hydroxyl groups is 1. The Morgan fingerprint density at radius 1 is 1.41 bits per heavy atom. The van der Waals surface area contributed by atoms with Gasteiger partial charge in [-0.05, 0) is 31.4 Å². The van der Waals surface area contributed by atoms with Crippen molar-refractivity contribution in [1.82, 2.24) is 5.32 Å². The molecule has 22 heavy (non-hydrogen) atoms. The molecule has 0 spiro atoms. The summed E-state index contributed by atoms with van der Waals surface area (Å²) in [6.07, 6.45) is -2.89. The molecule has 9 heteroatoms. The van der Waals surface area contributed by atoms with Crippen molar-refractivity contribution in [1.29, 1.82) is 0 Å². The molecule has 1 aromatic rings. The smallest absolute Gasteiger partial charge is 0.395 e. The van der Waals surface area contributed by atoms with Gasteiger partial charge < -0.3 is 15.7 Å². The quantitative estimate of drug-likeness (QED) is 0.722. The van der Waals surface area contributed by atoms with Crippen molar-refractivity contribution in [3.8, 4) is 0 Å². The van der Waals surface area contributed by atoms with Crippen LogP contribution in [0.4, 0.5) is 28.0 Å². The van der Waals surface area contributed by atoms with Crippen molar-refractivity contribution < 1.29 is 27.5 Å². The zero-order valence-electron chi connectivity index (χ0n) is 11.9. The molecule has 0 radical (unpaired) electrons. The van der Waals surface area contributed by atoms with Crippen LogP contribution in [0, 0.1) is 5.82 Å². The largest absolute Gasteiger partial charge is 0.416 e. The van der Waals surface area contributed by atoms with Gasteiger partial charge in [0, 0.05) is 11.3 Å².